The lowest BCUT2D eigenvalue weighted by molar-refractivity contribution is -0.122. The number of carbonyl (C=O) groups excluding carboxylic acids is 2. The molecule has 0 radical (unpaired) electrons. The van der Waals surface area contributed by atoms with Crippen molar-refractivity contribution < 1.29 is 18.7 Å². The van der Waals surface area contributed by atoms with Crippen molar-refractivity contribution in [2.45, 2.75) is 0 Å². The number of morpholine rings is 1. The molecule has 2 aliphatic heterocycles. The molecule has 3 heterocycles. The van der Waals surface area contributed by atoms with Crippen LogP contribution >= 0.6 is 0 Å². The highest BCUT2D eigenvalue weighted by Gasteiger charge is 2.32. The van der Waals surface area contributed by atoms with Crippen LogP contribution < -0.4 is 10.2 Å². The zero-order valence-corrected chi connectivity index (χ0v) is 12.1. The number of nitrogens with one attached hydrogen (secondary N) is 1. The number of imide groups is 1. The highest BCUT2D eigenvalue weighted by Crippen LogP contribution is 2.22. The first-order chi connectivity index (χ1) is 10.7. The third kappa shape index (κ3) is 2.75. The Hall–Kier alpha value is -2.54. The van der Waals surface area contributed by atoms with Gasteiger partial charge in [-0.15, -0.1) is 6.58 Å². The number of nitrogens with zero attached hydrogens (tertiary/aromatic N) is 2. The Kier molecular flexibility index (Phi) is 3.97. The second kappa shape index (κ2) is 6.07. The maximum Gasteiger partial charge on any atom is 0.329 e. The molecule has 0 spiro atoms. The normalized spacial score (nSPS) is 20.6. The quantitative estimate of drug-likeness (QED) is 0.514. The summed E-state index contributed by atoms with van der Waals surface area (Å²) in [5.41, 5.74) is 0.203. The summed E-state index contributed by atoms with van der Waals surface area (Å²) >= 11 is 0. The topological polar surface area (TPSA) is 75.0 Å². The Morgan fingerprint density at radius 1 is 1.27 bits per heavy atom. The van der Waals surface area contributed by atoms with Gasteiger partial charge in [0.25, 0.3) is 5.91 Å². The number of rotatable bonds is 4. The van der Waals surface area contributed by atoms with E-state index in [1.165, 1.54) is 12.2 Å². The van der Waals surface area contributed by atoms with E-state index < -0.39 is 6.03 Å². The van der Waals surface area contributed by atoms with Gasteiger partial charge in [-0.3, -0.25) is 9.69 Å². The third-order valence-electron chi connectivity index (χ3n) is 3.50. The van der Waals surface area contributed by atoms with Crippen molar-refractivity contribution in [2.75, 3.05) is 37.7 Å². The number of carbonyl (C=O) groups is 2. The molecule has 2 aliphatic rings. The monoisotopic (exact) mass is 303 g/mol. The Morgan fingerprint density at radius 3 is 2.77 bits per heavy atom. The summed E-state index contributed by atoms with van der Waals surface area (Å²) in [4.78, 5) is 26.9. The second-order valence-corrected chi connectivity index (χ2v) is 4.97. The van der Waals surface area contributed by atoms with E-state index in [-0.39, 0.29) is 18.1 Å². The van der Waals surface area contributed by atoms with E-state index in [1.54, 1.807) is 6.07 Å². The van der Waals surface area contributed by atoms with Crippen LogP contribution in [0, 0.1) is 0 Å². The second-order valence-electron chi connectivity index (χ2n) is 4.97. The van der Waals surface area contributed by atoms with Crippen LogP contribution in [0.25, 0.3) is 6.08 Å². The van der Waals surface area contributed by atoms with Gasteiger partial charge in [-0.1, -0.05) is 6.08 Å². The Morgan fingerprint density at radius 2 is 2.05 bits per heavy atom. The van der Waals surface area contributed by atoms with Gasteiger partial charge in [0.2, 0.25) is 0 Å². The Balaban J connectivity index is 1.75. The first kappa shape index (κ1) is 14.4. The Labute approximate surface area is 127 Å². The molecule has 0 bridgehead atoms. The van der Waals surface area contributed by atoms with Crippen molar-refractivity contribution in [3.05, 3.63) is 36.2 Å². The number of urea groups is 1. The van der Waals surface area contributed by atoms with Gasteiger partial charge in [0, 0.05) is 31.8 Å². The lowest BCUT2D eigenvalue weighted by Gasteiger charge is -2.26. The Bertz CT molecular complexity index is 628. The van der Waals surface area contributed by atoms with E-state index >= 15 is 0 Å². The summed E-state index contributed by atoms with van der Waals surface area (Å²) < 4.78 is 11.0. The van der Waals surface area contributed by atoms with E-state index in [9.17, 15) is 9.59 Å². The summed E-state index contributed by atoms with van der Waals surface area (Å²) in [7, 11) is 0. The van der Waals surface area contributed by atoms with Crippen LogP contribution in [0.5, 0.6) is 0 Å². The molecule has 0 atom stereocenters. The van der Waals surface area contributed by atoms with E-state index in [1.807, 2.05) is 6.07 Å². The molecule has 0 aromatic carbocycles. The number of hydrogen-bond acceptors (Lipinski definition) is 5. The fraction of sp³-hybridized carbons (Fsp3) is 0.333. The first-order valence-corrected chi connectivity index (χ1v) is 7.07. The van der Waals surface area contributed by atoms with Crippen molar-refractivity contribution in [1.29, 1.82) is 0 Å². The van der Waals surface area contributed by atoms with Gasteiger partial charge in [0.1, 0.15) is 11.5 Å². The molecule has 1 aromatic rings. The predicted molar refractivity (Wildman–Crippen MR) is 80.2 cm³/mol. The maximum absolute atomic E-state index is 12.1. The number of hydrogen-bond donors (Lipinski definition) is 1. The molecule has 3 rings (SSSR count). The van der Waals surface area contributed by atoms with Crippen LogP contribution in [0.3, 0.4) is 0 Å². The smallest absolute Gasteiger partial charge is 0.329 e. The minimum atomic E-state index is -0.448. The average Bonchev–Trinajstić information content (AvgIpc) is 3.09. The molecule has 0 aliphatic carbocycles. The SMILES string of the molecule is C=CCN1C(=O)N/C(=C/c2ccc(N3CCOCC3)o2)C1=O. The van der Waals surface area contributed by atoms with Crippen molar-refractivity contribution in [1.82, 2.24) is 10.2 Å². The molecule has 22 heavy (non-hydrogen) atoms. The lowest BCUT2D eigenvalue weighted by Crippen LogP contribution is -2.35. The average molecular weight is 303 g/mol. The summed E-state index contributed by atoms with van der Waals surface area (Å²) in [6.07, 6.45) is 3.04. The minimum Gasteiger partial charge on any atom is -0.441 e. The first-order valence-electron chi connectivity index (χ1n) is 7.07. The highest BCUT2D eigenvalue weighted by molar-refractivity contribution is 6.13. The van der Waals surface area contributed by atoms with Gasteiger partial charge in [-0.05, 0) is 6.07 Å². The molecule has 116 valence electrons. The number of anilines is 1. The van der Waals surface area contributed by atoms with E-state index in [0.29, 0.717) is 19.0 Å². The van der Waals surface area contributed by atoms with Gasteiger partial charge in [0.05, 0.1) is 13.2 Å². The van der Waals surface area contributed by atoms with Crippen LogP contribution in [-0.4, -0.2) is 49.7 Å². The molecule has 2 saturated heterocycles. The fourth-order valence-corrected chi connectivity index (χ4v) is 2.38. The van der Waals surface area contributed by atoms with Crippen molar-refractivity contribution in [3.8, 4) is 0 Å². The molecule has 0 unspecified atom stereocenters. The molecule has 0 saturated carbocycles. The standard InChI is InChI=1S/C15H17N3O4/c1-2-5-18-14(19)12(16-15(18)20)10-11-3-4-13(22-11)17-6-8-21-9-7-17/h2-4,10H,1,5-9H2,(H,16,20)/b12-10+. The van der Waals surface area contributed by atoms with Gasteiger partial charge in [0.15, 0.2) is 5.88 Å². The fourth-order valence-electron chi connectivity index (χ4n) is 2.38. The maximum atomic E-state index is 12.1. The van der Waals surface area contributed by atoms with Crippen LogP contribution in [0.15, 0.2) is 34.9 Å². The van der Waals surface area contributed by atoms with Crippen LogP contribution in [0.1, 0.15) is 5.76 Å². The molecular formula is C15H17N3O4. The number of furan rings is 1. The van der Waals surface area contributed by atoms with Gasteiger partial charge < -0.3 is 19.4 Å². The summed E-state index contributed by atoms with van der Waals surface area (Å²) in [6, 6.07) is 3.17. The van der Waals surface area contributed by atoms with Gasteiger partial charge in [-0.2, -0.15) is 0 Å². The number of amides is 3. The summed E-state index contributed by atoms with van der Waals surface area (Å²) in [6.45, 7) is 6.59. The molecule has 7 heteroatoms. The van der Waals surface area contributed by atoms with E-state index in [2.05, 4.69) is 16.8 Å². The minimum absolute atomic E-state index is 0.180. The molecule has 1 aromatic heterocycles. The van der Waals surface area contributed by atoms with Crippen LogP contribution in [0.4, 0.5) is 10.7 Å². The van der Waals surface area contributed by atoms with Gasteiger partial charge in [-0.25, -0.2) is 4.79 Å². The van der Waals surface area contributed by atoms with Crippen molar-refractivity contribution >= 4 is 23.9 Å². The molecule has 3 amide bonds. The molecular weight excluding hydrogens is 286 g/mol. The van der Waals surface area contributed by atoms with Crippen LogP contribution in [0.2, 0.25) is 0 Å². The lowest BCUT2D eigenvalue weighted by atomic mass is 10.3. The highest BCUT2D eigenvalue weighted by atomic mass is 16.5. The van der Waals surface area contributed by atoms with Gasteiger partial charge >= 0.3 is 6.03 Å². The molecule has 7 nitrogen and oxygen atoms in total. The van der Waals surface area contributed by atoms with Crippen molar-refractivity contribution in [3.63, 3.8) is 0 Å². The van der Waals surface area contributed by atoms with E-state index in [4.69, 9.17) is 9.15 Å². The summed E-state index contributed by atoms with van der Waals surface area (Å²) in [5.74, 6) is 0.870. The summed E-state index contributed by atoms with van der Waals surface area (Å²) in [5, 5.41) is 2.53. The molecule has 1 N–H and O–H groups in total. The van der Waals surface area contributed by atoms with Crippen molar-refractivity contribution in [2.24, 2.45) is 0 Å². The number of ether oxygens (including phenoxy) is 1. The largest absolute Gasteiger partial charge is 0.441 e. The van der Waals surface area contributed by atoms with Crippen LogP contribution in [-0.2, 0) is 9.53 Å². The molecule has 2 fully saturated rings. The third-order valence-corrected chi connectivity index (χ3v) is 3.50. The van der Waals surface area contributed by atoms with E-state index in [0.717, 1.165) is 23.9 Å². The predicted octanol–water partition coefficient (Wildman–Crippen LogP) is 1.19. The zero-order valence-electron chi connectivity index (χ0n) is 12.1. The zero-order chi connectivity index (χ0) is 15.5.